The van der Waals surface area contributed by atoms with Crippen LogP contribution in [-0.2, 0) is 4.74 Å². The molecule has 0 bridgehead atoms. The molecule has 0 aliphatic carbocycles. The molecule has 0 aliphatic heterocycles. The van der Waals surface area contributed by atoms with Gasteiger partial charge in [0.15, 0.2) is 29.1 Å². The summed E-state index contributed by atoms with van der Waals surface area (Å²) >= 11 is 0. The number of anilines is 4. The van der Waals surface area contributed by atoms with Crippen LogP contribution in [0.25, 0.3) is 0 Å². The topological polar surface area (TPSA) is 124 Å². The highest BCUT2D eigenvalue weighted by Crippen LogP contribution is 2.27. The van der Waals surface area contributed by atoms with E-state index in [4.69, 9.17) is 4.74 Å². The van der Waals surface area contributed by atoms with Crippen molar-refractivity contribution in [3.05, 3.63) is 35.5 Å². The molecule has 36 heavy (non-hydrogen) atoms. The maximum absolute atomic E-state index is 14.9. The zero-order chi connectivity index (χ0) is 27.0. The highest BCUT2D eigenvalue weighted by atomic mass is 19.1. The lowest BCUT2D eigenvalue weighted by molar-refractivity contribution is 0.0518. The maximum Gasteiger partial charge on any atom is 0.407 e. The first kappa shape index (κ1) is 28.6. The van der Waals surface area contributed by atoms with Crippen molar-refractivity contribution in [1.29, 1.82) is 5.26 Å². The zero-order valence-corrected chi connectivity index (χ0v) is 21.8. The van der Waals surface area contributed by atoms with Crippen molar-refractivity contribution in [3.8, 4) is 6.07 Å². The standard InChI is InChI=1S/C25H35F2N7O2/c1-14(2)8-20(15(3)12-31-24(35)36-25(4,5)6)33-23-18(26)9-16(11-28)21(34-23)32-17-10-19(27)22(29-7)30-13-17/h9-10,13-15,20H,8,12H2,1-7H3,(H,29,30)(H,31,35)(H2,32,33,34)/t15-,20-/m1/s1. The predicted octanol–water partition coefficient (Wildman–Crippen LogP) is 5.40. The highest BCUT2D eigenvalue weighted by molar-refractivity contribution is 5.68. The van der Waals surface area contributed by atoms with Crippen molar-refractivity contribution in [2.24, 2.45) is 11.8 Å². The summed E-state index contributed by atoms with van der Waals surface area (Å²) in [6.45, 7) is 11.6. The Morgan fingerprint density at radius 2 is 1.81 bits per heavy atom. The molecule has 0 unspecified atom stereocenters. The lowest BCUT2D eigenvalue weighted by Crippen LogP contribution is -2.40. The number of carbonyl (C=O) groups excluding carboxylic acids is 1. The maximum atomic E-state index is 14.9. The molecule has 9 nitrogen and oxygen atoms in total. The van der Waals surface area contributed by atoms with E-state index in [0.717, 1.165) is 6.07 Å². The number of hydrogen-bond donors (Lipinski definition) is 4. The third-order valence-corrected chi connectivity index (χ3v) is 5.14. The van der Waals surface area contributed by atoms with E-state index in [1.807, 2.05) is 26.8 Å². The molecule has 0 spiro atoms. The molecule has 196 valence electrons. The van der Waals surface area contributed by atoms with Gasteiger partial charge in [0.05, 0.1) is 17.4 Å². The Morgan fingerprint density at radius 1 is 1.14 bits per heavy atom. The number of amides is 1. The molecule has 2 atom stereocenters. The largest absolute Gasteiger partial charge is 0.444 e. The van der Waals surface area contributed by atoms with Crippen LogP contribution in [0.2, 0.25) is 0 Å². The number of ether oxygens (including phenoxy) is 1. The average molecular weight is 504 g/mol. The number of nitriles is 1. The quantitative estimate of drug-likeness (QED) is 0.340. The van der Waals surface area contributed by atoms with Gasteiger partial charge in [0.2, 0.25) is 0 Å². The van der Waals surface area contributed by atoms with E-state index < -0.39 is 23.3 Å². The molecule has 0 saturated carbocycles. The number of nitrogens with zero attached hydrogens (tertiary/aromatic N) is 3. The Kier molecular flexibility index (Phi) is 9.78. The molecule has 2 aromatic heterocycles. The zero-order valence-electron chi connectivity index (χ0n) is 21.8. The number of hydrogen-bond acceptors (Lipinski definition) is 8. The fraction of sp³-hybridized carbons (Fsp3) is 0.520. The lowest BCUT2D eigenvalue weighted by Gasteiger charge is -2.28. The third kappa shape index (κ3) is 8.52. The van der Waals surface area contributed by atoms with Gasteiger partial charge in [0, 0.05) is 25.7 Å². The minimum absolute atomic E-state index is 0.0452. The smallest absolute Gasteiger partial charge is 0.407 e. The summed E-state index contributed by atoms with van der Waals surface area (Å²) in [4.78, 5) is 20.3. The Labute approximate surface area is 211 Å². The Bertz CT molecular complexity index is 1100. The van der Waals surface area contributed by atoms with Gasteiger partial charge in [-0.3, -0.25) is 0 Å². The summed E-state index contributed by atoms with van der Waals surface area (Å²) < 4.78 is 34.3. The fourth-order valence-electron chi connectivity index (χ4n) is 3.42. The van der Waals surface area contributed by atoms with Crippen molar-refractivity contribution in [1.82, 2.24) is 15.3 Å². The number of aromatic nitrogens is 2. The van der Waals surface area contributed by atoms with E-state index in [9.17, 15) is 18.8 Å². The molecule has 0 fully saturated rings. The van der Waals surface area contributed by atoms with Gasteiger partial charge in [-0.15, -0.1) is 0 Å². The van der Waals surface area contributed by atoms with Crippen molar-refractivity contribution in [2.45, 2.75) is 59.6 Å². The van der Waals surface area contributed by atoms with Gasteiger partial charge in [-0.1, -0.05) is 20.8 Å². The van der Waals surface area contributed by atoms with Crippen LogP contribution in [0.3, 0.4) is 0 Å². The molecule has 4 N–H and O–H groups in total. The van der Waals surface area contributed by atoms with Crippen LogP contribution < -0.4 is 21.3 Å². The first-order valence-electron chi connectivity index (χ1n) is 11.8. The van der Waals surface area contributed by atoms with Gasteiger partial charge in [0.1, 0.15) is 11.7 Å². The first-order chi connectivity index (χ1) is 16.8. The first-order valence-corrected chi connectivity index (χ1v) is 11.8. The summed E-state index contributed by atoms with van der Waals surface area (Å²) in [5, 5.41) is 20.8. The Morgan fingerprint density at radius 3 is 2.36 bits per heavy atom. The highest BCUT2D eigenvalue weighted by Gasteiger charge is 2.24. The van der Waals surface area contributed by atoms with E-state index in [1.54, 1.807) is 27.8 Å². The third-order valence-electron chi connectivity index (χ3n) is 5.14. The molecule has 2 heterocycles. The SMILES string of the molecule is CNc1ncc(Nc2nc(N[C@H](CC(C)C)[C@H](C)CNC(=O)OC(C)(C)C)c(F)cc2C#N)cc1F. The van der Waals surface area contributed by atoms with Crippen molar-refractivity contribution in [2.75, 3.05) is 29.5 Å². The molecular weight excluding hydrogens is 468 g/mol. The van der Waals surface area contributed by atoms with Crippen LogP contribution in [0.1, 0.15) is 53.5 Å². The number of carbonyl (C=O) groups is 1. The number of pyridine rings is 2. The predicted molar refractivity (Wildman–Crippen MR) is 136 cm³/mol. The van der Waals surface area contributed by atoms with Gasteiger partial charge in [-0.2, -0.15) is 5.26 Å². The van der Waals surface area contributed by atoms with Crippen molar-refractivity contribution in [3.63, 3.8) is 0 Å². The van der Waals surface area contributed by atoms with Gasteiger partial charge in [0.25, 0.3) is 0 Å². The second kappa shape index (κ2) is 12.3. The van der Waals surface area contributed by atoms with Crippen molar-refractivity contribution < 1.29 is 18.3 Å². The van der Waals surface area contributed by atoms with E-state index in [2.05, 4.69) is 31.2 Å². The fourth-order valence-corrected chi connectivity index (χ4v) is 3.42. The minimum atomic E-state index is -0.701. The van der Waals surface area contributed by atoms with Crippen LogP contribution in [-0.4, -0.2) is 41.3 Å². The lowest BCUT2D eigenvalue weighted by atomic mass is 9.93. The summed E-state index contributed by atoms with van der Waals surface area (Å²) in [6.07, 6.45) is 1.51. The Balaban J connectivity index is 2.26. The van der Waals surface area contributed by atoms with Gasteiger partial charge >= 0.3 is 6.09 Å². The molecule has 2 rings (SSSR count). The molecule has 0 radical (unpaired) electrons. The second-order valence-electron chi connectivity index (χ2n) is 10.00. The number of halogens is 2. The number of rotatable bonds is 10. The van der Waals surface area contributed by atoms with Gasteiger partial charge < -0.3 is 26.0 Å². The number of alkyl carbamates (subject to hydrolysis) is 1. The minimum Gasteiger partial charge on any atom is -0.444 e. The summed E-state index contributed by atoms with van der Waals surface area (Å²) in [5.74, 6) is -1.07. The molecule has 0 aliphatic rings. The van der Waals surface area contributed by atoms with Gasteiger partial charge in [-0.25, -0.2) is 23.5 Å². The summed E-state index contributed by atoms with van der Waals surface area (Å²) in [5.41, 5.74) is -0.411. The van der Waals surface area contributed by atoms with E-state index in [0.29, 0.717) is 13.0 Å². The van der Waals surface area contributed by atoms with E-state index >= 15 is 0 Å². The van der Waals surface area contributed by atoms with E-state index in [1.165, 1.54) is 12.3 Å². The number of nitrogens with one attached hydrogen (secondary N) is 4. The van der Waals surface area contributed by atoms with Crippen LogP contribution in [0.4, 0.5) is 36.7 Å². The molecule has 1 amide bonds. The monoisotopic (exact) mass is 503 g/mol. The summed E-state index contributed by atoms with van der Waals surface area (Å²) in [7, 11) is 1.55. The van der Waals surface area contributed by atoms with E-state index in [-0.39, 0.29) is 46.6 Å². The molecule has 2 aromatic rings. The average Bonchev–Trinajstić information content (AvgIpc) is 2.77. The van der Waals surface area contributed by atoms with Crippen LogP contribution in [0.5, 0.6) is 0 Å². The molecule has 11 heteroatoms. The Hall–Kier alpha value is -3.68. The normalized spacial score (nSPS) is 12.9. The van der Waals surface area contributed by atoms with Crippen LogP contribution in [0, 0.1) is 34.8 Å². The van der Waals surface area contributed by atoms with Crippen molar-refractivity contribution >= 4 is 29.2 Å². The van der Waals surface area contributed by atoms with Gasteiger partial charge in [-0.05, 0) is 45.1 Å². The molecule has 0 aromatic carbocycles. The molecular formula is C25H35F2N7O2. The van der Waals surface area contributed by atoms with Crippen LogP contribution in [0.15, 0.2) is 18.3 Å². The summed E-state index contributed by atoms with van der Waals surface area (Å²) in [6, 6.07) is 3.91. The van der Waals surface area contributed by atoms with Crippen LogP contribution >= 0.6 is 0 Å². The second-order valence-corrected chi connectivity index (χ2v) is 10.00. The molecule has 0 saturated heterocycles.